The maximum atomic E-state index is 12.4. The first-order valence-corrected chi connectivity index (χ1v) is 9.44. The van der Waals surface area contributed by atoms with Gasteiger partial charge in [0.25, 0.3) is 5.91 Å². The maximum absolute atomic E-state index is 12.4. The van der Waals surface area contributed by atoms with Crippen molar-refractivity contribution in [2.45, 2.75) is 32.1 Å². The molecule has 0 bridgehead atoms. The maximum Gasteiger partial charge on any atom is 0.251 e. The van der Waals surface area contributed by atoms with Crippen LogP contribution in [0.25, 0.3) is 0 Å². The van der Waals surface area contributed by atoms with Gasteiger partial charge in [-0.3, -0.25) is 9.59 Å². The first-order chi connectivity index (χ1) is 12.6. The van der Waals surface area contributed by atoms with Gasteiger partial charge < -0.3 is 10.6 Å². The number of hydrogen-bond donors (Lipinski definition) is 2. The number of nitrogens with one attached hydrogen (secondary N) is 2. The van der Waals surface area contributed by atoms with Crippen LogP contribution in [0, 0.1) is 5.92 Å². The lowest BCUT2D eigenvalue weighted by atomic mass is 10.1. The van der Waals surface area contributed by atoms with Gasteiger partial charge in [0.05, 0.1) is 10.7 Å². The summed E-state index contributed by atoms with van der Waals surface area (Å²) in [5.74, 6) is -0.130. The third-order valence-electron chi connectivity index (χ3n) is 4.75. The largest absolute Gasteiger partial charge is 0.352 e. The second-order valence-corrected chi connectivity index (χ2v) is 7.06. The number of amides is 2. The number of halogens is 1. The zero-order chi connectivity index (χ0) is 18.4. The third kappa shape index (κ3) is 4.85. The van der Waals surface area contributed by atoms with E-state index in [1.54, 1.807) is 18.2 Å². The van der Waals surface area contributed by atoms with Gasteiger partial charge in [-0.2, -0.15) is 0 Å². The molecule has 0 aromatic heterocycles. The molecule has 0 unspecified atom stereocenters. The Hall–Kier alpha value is -2.33. The summed E-state index contributed by atoms with van der Waals surface area (Å²) in [6.45, 7) is 0.551. The molecule has 1 aliphatic carbocycles. The topological polar surface area (TPSA) is 58.2 Å². The van der Waals surface area contributed by atoms with Crippen molar-refractivity contribution in [3.63, 3.8) is 0 Å². The average molecular weight is 371 g/mol. The van der Waals surface area contributed by atoms with E-state index in [9.17, 15) is 9.59 Å². The van der Waals surface area contributed by atoms with Crippen molar-refractivity contribution in [1.82, 2.24) is 5.32 Å². The molecule has 3 rings (SSSR count). The molecule has 2 aromatic carbocycles. The van der Waals surface area contributed by atoms with Crippen LogP contribution in [0.15, 0.2) is 48.5 Å². The van der Waals surface area contributed by atoms with Crippen molar-refractivity contribution in [3.05, 3.63) is 64.7 Å². The molecule has 0 aliphatic heterocycles. The highest BCUT2D eigenvalue weighted by atomic mass is 35.5. The zero-order valence-electron chi connectivity index (χ0n) is 14.6. The highest BCUT2D eigenvalue weighted by molar-refractivity contribution is 6.33. The van der Waals surface area contributed by atoms with E-state index < -0.39 is 0 Å². The molecule has 2 aromatic rings. The van der Waals surface area contributed by atoms with E-state index in [-0.39, 0.29) is 17.7 Å². The van der Waals surface area contributed by atoms with E-state index in [0.717, 1.165) is 32.1 Å². The molecule has 4 nitrogen and oxygen atoms in total. The summed E-state index contributed by atoms with van der Waals surface area (Å²) in [5.41, 5.74) is 2.16. The molecule has 0 radical (unpaired) electrons. The van der Waals surface area contributed by atoms with Gasteiger partial charge in [0.2, 0.25) is 5.91 Å². The van der Waals surface area contributed by atoms with Gasteiger partial charge >= 0.3 is 0 Å². The van der Waals surface area contributed by atoms with E-state index in [1.807, 2.05) is 30.3 Å². The van der Waals surface area contributed by atoms with Gasteiger partial charge in [-0.15, -0.1) is 0 Å². The van der Waals surface area contributed by atoms with Crippen LogP contribution in [-0.2, 0) is 11.2 Å². The van der Waals surface area contributed by atoms with Crippen molar-refractivity contribution in [2.75, 3.05) is 11.9 Å². The Labute approximate surface area is 158 Å². The Morgan fingerprint density at radius 1 is 1.04 bits per heavy atom. The van der Waals surface area contributed by atoms with Crippen LogP contribution < -0.4 is 10.6 Å². The molecule has 136 valence electrons. The van der Waals surface area contributed by atoms with Crippen LogP contribution in [-0.4, -0.2) is 18.4 Å². The average Bonchev–Trinajstić information content (AvgIpc) is 3.19. The van der Waals surface area contributed by atoms with Crippen molar-refractivity contribution in [2.24, 2.45) is 5.92 Å². The van der Waals surface area contributed by atoms with Crippen molar-refractivity contribution >= 4 is 29.1 Å². The molecular weight excluding hydrogens is 348 g/mol. The van der Waals surface area contributed by atoms with E-state index in [0.29, 0.717) is 22.8 Å². The standard InChI is InChI=1S/C21H23ClN2O2/c22-18-11-10-17(14-19(18)24-21(26)16-8-4-5-9-16)20(25)23-13-12-15-6-2-1-3-7-15/h1-3,6-7,10-11,14,16H,4-5,8-9,12-13H2,(H,23,25)(H,24,26). The lowest BCUT2D eigenvalue weighted by molar-refractivity contribution is -0.119. The Bertz CT molecular complexity index is 771. The van der Waals surface area contributed by atoms with Gasteiger partial charge in [-0.1, -0.05) is 54.8 Å². The Morgan fingerprint density at radius 2 is 1.77 bits per heavy atom. The lowest BCUT2D eigenvalue weighted by Gasteiger charge is -2.13. The zero-order valence-corrected chi connectivity index (χ0v) is 15.4. The molecule has 5 heteroatoms. The Kier molecular flexibility index (Phi) is 6.29. The van der Waals surface area contributed by atoms with Crippen LogP contribution in [0.5, 0.6) is 0 Å². The smallest absolute Gasteiger partial charge is 0.251 e. The normalized spacial score (nSPS) is 14.2. The minimum Gasteiger partial charge on any atom is -0.352 e. The van der Waals surface area contributed by atoms with Gasteiger partial charge in [-0.05, 0) is 43.0 Å². The molecule has 0 spiro atoms. The summed E-state index contributed by atoms with van der Waals surface area (Å²) in [4.78, 5) is 24.7. The lowest BCUT2D eigenvalue weighted by Crippen LogP contribution is -2.26. The fourth-order valence-electron chi connectivity index (χ4n) is 3.25. The second kappa shape index (κ2) is 8.86. The molecular formula is C21H23ClN2O2. The van der Waals surface area contributed by atoms with E-state index >= 15 is 0 Å². The molecule has 0 heterocycles. The second-order valence-electron chi connectivity index (χ2n) is 6.66. The fourth-order valence-corrected chi connectivity index (χ4v) is 3.42. The number of anilines is 1. The molecule has 1 aliphatic rings. The molecule has 2 N–H and O–H groups in total. The fraction of sp³-hybridized carbons (Fsp3) is 0.333. The predicted octanol–water partition coefficient (Wildman–Crippen LogP) is 4.44. The minimum atomic E-state index is -0.172. The SMILES string of the molecule is O=C(NCCc1ccccc1)c1ccc(Cl)c(NC(=O)C2CCCC2)c1. The Morgan fingerprint density at radius 3 is 2.50 bits per heavy atom. The third-order valence-corrected chi connectivity index (χ3v) is 5.08. The van der Waals surface area contributed by atoms with Crippen LogP contribution in [0.4, 0.5) is 5.69 Å². The van der Waals surface area contributed by atoms with E-state index in [4.69, 9.17) is 11.6 Å². The quantitative estimate of drug-likeness (QED) is 0.789. The minimum absolute atomic E-state index is 0.00830. The van der Waals surface area contributed by atoms with Gasteiger partial charge in [0.1, 0.15) is 0 Å². The summed E-state index contributed by atoms with van der Waals surface area (Å²) in [6.07, 6.45) is 4.79. The molecule has 1 saturated carbocycles. The van der Waals surface area contributed by atoms with Crippen LogP contribution in [0.3, 0.4) is 0 Å². The summed E-state index contributed by atoms with van der Waals surface area (Å²) in [7, 11) is 0. The van der Waals surface area contributed by atoms with Crippen LogP contribution in [0.2, 0.25) is 5.02 Å². The number of benzene rings is 2. The first kappa shape index (κ1) is 18.5. The van der Waals surface area contributed by atoms with Crippen molar-refractivity contribution < 1.29 is 9.59 Å². The molecule has 2 amide bonds. The van der Waals surface area contributed by atoms with Crippen LogP contribution in [0.1, 0.15) is 41.6 Å². The predicted molar refractivity (Wildman–Crippen MR) is 105 cm³/mol. The van der Waals surface area contributed by atoms with Crippen molar-refractivity contribution in [1.29, 1.82) is 0 Å². The molecule has 0 atom stereocenters. The molecule has 0 saturated heterocycles. The first-order valence-electron chi connectivity index (χ1n) is 9.06. The summed E-state index contributed by atoms with van der Waals surface area (Å²) < 4.78 is 0. The summed E-state index contributed by atoms with van der Waals surface area (Å²) in [6, 6.07) is 15.0. The summed E-state index contributed by atoms with van der Waals surface area (Å²) >= 11 is 6.19. The van der Waals surface area contributed by atoms with Crippen molar-refractivity contribution in [3.8, 4) is 0 Å². The van der Waals surface area contributed by atoms with E-state index in [2.05, 4.69) is 10.6 Å². The number of rotatable bonds is 6. The van der Waals surface area contributed by atoms with Gasteiger partial charge in [0.15, 0.2) is 0 Å². The molecule has 26 heavy (non-hydrogen) atoms. The number of hydrogen-bond acceptors (Lipinski definition) is 2. The van der Waals surface area contributed by atoms with E-state index in [1.165, 1.54) is 5.56 Å². The Balaban J connectivity index is 1.58. The monoisotopic (exact) mass is 370 g/mol. The molecule has 1 fully saturated rings. The number of carbonyl (C=O) groups is 2. The van der Waals surface area contributed by atoms with Crippen LogP contribution >= 0.6 is 11.6 Å². The summed E-state index contributed by atoms with van der Waals surface area (Å²) in [5, 5.41) is 6.23. The van der Waals surface area contributed by atoms with Gasteiger partial charge in [0, 0.05) is 18.0 Å². The van der Waals surface area contributed by atoms with Gasteiger partial charge in [-0.25, -0.2) is 0 Å². The highest BCUT2D eigenvalue weighted by Gasteiger charge is 2.23. The number of carbonyl (C=O) groups excluding carboxylic acids is 2. The highest BCUT2D eigenvalue weighted by Crippen LogP contribution is 2.28.